The zero-order valence-corrected chi connectivity index (χ0v) is 24.9. The van der Waals surface area contributed by atoms with Crippen molar-refractivity contribution in [2.75, 3.05) is 33.1 Å². The van der Waals surface area contributed by atoms with E-state index in [9.17, 15) is 19.2 Å². The van der Waals surface area contributed by atoms with Gasteiger partial charge in [-0.3, -0.25) is 34.4 Å². The van der Waals surface area contributed by atoms with Gasteiger partial charge in [-0.15, -0.1) is 0 Å². The molecule has 1 unspecified atom stereocenters. The third kappa shape index (κ3) is 5.72. The highest BCUT2D eigenvalue weighted by Crippen LogP contribution is 2.37. The van der Waals surface area contributed by atoms with E-state index in [-0.39, 0.29) is 24.6 Å². The van der Waals surface area contributed by atoms with Crippen molar-refractivity contribution in [1.29, 1.82) is 0 Å². The summed E-state index contributed by atoms with van der Waals surface area (Å²) in [7, 11) is 4.22. The maximum atomic E-state index is 15.5. The monoisotopic (exact) mass is 604 g/mol. The molecule has 13 heteroatoms. The first-order valence-electron chi connectivity index (χ1n) is 13.9. The molecule has 2 aliphatic rings. The van der Waals surface area contributed by atoms with Crippen LogP contribution in [0.15, 0.2) is 48.5 Å². The van der Waals surface area contributed by atoms with Gasteiger partial charge in [-0.05, 0) is 65.4 Å². The van der Waals surface area contributed by atoms with Crippen LogP contribution in [0.5, 0.6) is 5.75 Å². The second-order valence-corrected chi connectivity index (χ2v) is 10.6. The Kier molecular flexibility index (Phi) is 8.63. The average Bonchev–Trinajstić information content (AvgIpc) is 3.42. The van der Waals surface area contributed by atoms with Gasteiger partial charge in [0.15, 0.2) is 6.04 Å². The van der Waals surface area contributed by atoms with Crippen LogP contribution in [0.25, 0.3) is 22.3 Å². The number of hydroxylamine groups is 1. The molecule has 3 aromatic carbocycles. The Morgan fingerprint density at radius 1 is 1.05 bits per heavy atom. The van der Waals surface area contributed by atoms with Crippen molar-refractivity contribution in [1.82, 2.24) is 26.1 Å². The standard InChI is InChI=1S/C31H33FN6O6/c1-16-19(18-12-23(32)22(26(13-18)43-5)14-33-25-15-44-36-28(25)39)8-6-9-20(16)21-10-7-11-24(17(21)2)34-29(40)27-30(41)37(3)31(42)38(4)35-27/h6-13,25,27,33,35H,14-15H2,1-5H3,(H,34,40)(H,36,39)/t25-,27?/m0/s1. The van der Waals surface area contributed by atoms with Crippen molar-refractivity contribution in [3.63, 3.8) is 0 Å². The molecule has 2 fully saturated rings. The maximum Gasteiger partial charge on any atom is 0.340 e. The Bertz CT molecular complexity index is 1660. The number of benzene rings is 3. The van der Waals surface area contributed by atoms with Gasteiger partial charge in [0.25, 0.3) is 17.7 Å². The van der Waals surface area contributed by atoms with E-state index in [0.29, 0.717) is 17.0 Å². The summed E-state index contributed by atoms with van der Waals surface area (Å²) in [4.78, 5) is 55.3. The number of hydrazine groups is 1. The first kappa shape index (κ1) is 30.6. The predicted octanol–water partition coefficient (Wildman–Crippen LogP) is 2.64. The number of carbonyl (C=O) groups excluding carboxylic acids is 4. The zero-order chi connectivity index (χ0) is 31.7. The van der Waals surface area contributed by atoms with Crippen molar-refractivity contribution in [2.24, 2.45) is 0 Å². The minimum atomic E-state index is -1.28. The molecule has 0 aliphatic carbocycles. The van der Waals surface area contributed by atoms with Crippen LogP contribution in [0, 0.1) is 19.7 Å². The third-order valence-corrected chi connectivity index (χ3v) is 7.90. The fourth-order valence-electron chi connectivity index (χ4n) is 5.34. The van der Waals surface area contributed by atoms with Crippen molar-refractivity contribution in [2.45, 2.75) is 32.5 Å². The number of nitrogens with one attached hydrogen (secondary N) is 4. The molecule has 5 rings (SSSR count). The van der Waals surface area contributed by atoms with Crippen LogP contribution in [-0.4, -0.2) is 73.6 Å². The second-order valence-electron chi connectivity index (χ2n) is 10.6. The van der Waals surface area contributed by atoms with E-state index in [2.05, 4.69) is 21.5 Å². The highest BCUT2D eigenvalue weighted by molar-refractivity contribution is 6.15. The van der Waals surface area contributed by atoms with Crippen LogP contribution in [0.2, 0.25) is 0 Å². The second kappa shape index (κ2) is 12.4. The lowest BCUT2D eigenvalue weighted by molar-refractivity contribution is -0.139. The van der Waals surface area contributed by atoms with Gasteiger partial charge in [-0.25, -0.2) is 20.1 Å². The van der Waals surface area contributed by atoms with Gasteiger partial charge >= 0.3 is 6.03 Å². The van der Waals surface area contributed by atoms with Crippen LogP contribution < -0.4 is 26.3 Å². The molecule has 4 N–H and O–H groups in total. The first-order valence-corrected chi connectivity index (χ1v) is 13.9. The summed E-state index contributed by atoms with van der Waals surface area (Å²) >= 11 is 0. The minimum absolute atomic E-state index is 0.0678. The van der Waals surface area contributed by atoms with Gasteiger partial charge in [0.05, 0.1) is 13.7 Å². The molecular formula is C31H33FN6O6. The number of amides is 5. The Labute approximate surface area is 253 Å². The summed E-state index contributed by atoms with van der Waals surface area (Å²) in [6.45, 7) is 4.00. The number of halogens is 1. The van der Waals surface area contributed by atoms with E-state index < -0.39 is 35.7 Å². The fraction of sp³-hybridized carbons (Fsp3) is 0.290. The Balaban J connectivity index is 1.42. The highest BCUT2D eigenvalue weighted by atomic mass is 19.1. The Morgan fingerprint density at radius 2 is 1.73 bits per heavy atom. The molecule has 2 atom stereocenters. The summed E-state index contributed by atoms with van der Waals surface area (Å²) in [5.41, 5.74) is 10.4. The number of anilines is 1. The number of nitrogens with zero attached hydrogens (tertiary/aromatic N) is 2. The molecule has 0 bridgehead atoms. The van der Waals surface area contributed by atoms with Crippen LogP contribution >= 0.6 is 0 Å². The number of likely N-dealkylation sites (N-methyl/N-ethyl adjacent to an activating group) is 1. The SMILES string of the molecule is COc1cc(-c2cccc(-c3cccc(NC(=O)C4NN(C)C(=O)N(C)C4=O)c3C)c2C)cc(F)c1CN[C@H]1CONC1=O. The van der Waals surface area contributed by atoms with Crippen molar-refractivity contribution >= 4 is 29.4 Å². The van der Waals surface area contributed by atoms with Gasteiger partial charge in [0.1, 0.15) is 17.6 Å². The third-order valence-electron chi connectivity index (χ3n) is 7.90. The first-order chi connectivity index (χ1) is 21.0. The lowest BCUT2D eigenvalue weighted by Crippen LogP contribution is -2.66. The number of carbonyl (C=O) groups is 4. The van der Waals surface area contributed by atoms with Gasteiger partial charge in [-0.1, -0.05) is 30.3 Å². The van der Waals surface area contributed by atoms with E-state index in [1.807, 2.05) is 38.1 Å². The molecule has 44 heavy (non-hydrogen) atoms. The maximum absolute atomic E-state index is 15.5. The molecule has 2 aliphatic heterocycles. The van der Waals surface area contributed by atoms with Crippen molar-refractivity contribution in [3.05, 3.63) is 71.0 Å². The summed E-state index contributed by atoms with van der Waals surface area (Å²) in [5, 5.41) is 6.89. The average molecular weight is 605 g/mol. The van der Waals surface area contributed by atoms with E-state index in [1.54, 1.807) is 18.2 Å². The van der Waals surface area contributed by atoms with Crippen molar-refractivity contribution in [3.8, 4) is 28.0 Å². The predicted molar refractivity (Wildman–Crippen MR) is 160 cm³/mol. The Morgan fingerprint density at radius 3 is 2.41 bits per heavy atom. The molecule has 2 saturated heterocycles. The van der Waals surface area contributed by atoms with Crippen LogP contribution in [-0.2, 0) is 25.8 Å². The largest absolute Gasteiger partial charge is 0.496 e. The highest BCUT2D eigenvalue weighted by Gasteiger charge is 2.39. The lowest BCUT2D eigenvalue weighted by Gasteiger charge is -2.34. The number of hydrogen-bond acceptors (Lipinski definition) is 8. The molecular weight excluding hydrogens is 571 g/mol. The van der Waals surface area contributed by atoms with E-state index >= 15 is 4.39 Å². The number of hydrogen-bond donors (Lipinski definition) is 4. The van der Waals surface area contributed by atoms with Gasteiger partial charge in [-0.2, -0.15) is 0 Å². The van der Waals surface area contributed by atoms with Gasteiger partial charge in [0, 0.05) is 31.9 Å². The summed E-state index contributed by atoms with van der Waals surface area (Å²) in [6, 6.07) is 11.9. The Hall–Kier alpha value is -4.85. The molecule has 2 heterocycles. The van der Waals surface area contributed by atoms with Crippen molar-refractivity contribution < 1.29 is 33.1 Å². The van der Waals surface area contributed by atoms with Gasteiger partial charge < -0.3 is 10.1 Å². The zero-order valence-electron chi connectivity index (χ0n) is 24.9. The molecule has 0 aromatic heterocycles. The lowest BCUT2D eigenvalue weighted by atomic mass is 9.90. The molecule has 0 radical (unpaired) electrons. The number of imide groups is 1. The smallest absolute Gasteiger partial charge is 0.340 e. The summed E-state index contributed by atoms with van der Waals surface area (Å²) < 4.78 is 21.0. The topological polar surface area (TPSA) is 141 Å². The molecule has 3 aromatic rings. The normalized spacial score (nSPS) is 18.5. The molecule has 12 nitrogen and oxygen atoms in total. The summed E-state index contributed by atoms with van der Waals surface area (Å²) in [5.74, 6) is -1.74. The van der Waals surface area contributed by atoms with Crippen LogP contribution in [0.1, 0.15) is 16.7 Å². The molecule has 0 spiro atoms. The minimum Gasteiger partial charge on any atom is -0.496 e. The fourth-order valence-corrected chi connectivity index (χ4v) is 5.34. The number of urea groups is 1. The number of rotatable bonds is 8. The summed E-state index contributed by atoms with van der Waals surface area (Å²) in [6.07, 6.45) is 0. The quantitative estimate of drug-likeness (QED) is 0.288. The van der Waals surface area contributed by atoms with E-state index in [0.717, 1.165) is 37.7 Å². The molecule has 0 saturated carbocycles. The van der Waals surface area contributed by atoms with Crippen LogP contribution in [0.3, 0.4) is 0 Å². The molecule has 230 valence electrons. The number of methoxy groups -OCH3 is 1. The molecule has 5 amide bonds. The number of ether oxygens (including phenoxy) is 1. The van der Waals surface area contributed by atoms with E-state index in [1.165, 1.54) is 27.3 Å². The van der Waals surface area contributed by atoms with E-state index in [4.69, 9.17) is 9.57 Å². The van der Waals surface area contributed by atoms with Crippen LogP contribution in [0.4, 0.5) is 14.9 Å². The van der Waals surface area contributed by atoms with Gasteiger partial charge in [0.2, 0.25) is 0 Å².